The Morgan fingerprint density at radius 1 is 1.18 bits per heavy atom. The molecule has 0 bridgehead atoms. The maximum Gasteiger partial charge on any atom is 0.320 e. The van der Waals surface area contributed by atoms with E-state index in [2.05, 4.69) is 16.7 Å². The minimum atomic E-state index is -0.625. The predicted molar refractivity (Wildman–Crippen MR) is 65.0 cm³/mol. The van der Waals surface area contributed by atoms with Gasteiger partial charge < -0.3 is 5.11 Å². The smallest absolute Gasteiger partial charge is 0.320 e. The molecule has 0 spiro atoms. The summed E-state index contributed by atoms with van der Waals surface area (Å²) in [6.07, 6.45) is 5.73. The van der Waals surface area contributed by atoms with Crippen LogP contribution in [0.1, 0.15) is 39.0 Å². The zero-order valence-electron chi connectivity index (χ0n) is 10.5. The first-order valence-corrected chi connectivity index (χ1v) is 6.91. The molecule has 0 radical (unpaired) electrons. The highest BCUT2D eigenvalue weighted by molar-refractivity contribution is 5.73. The van der Waals surface area contributed by atoms with Crippen molar-refractivity contribution in [2.45, 2.75) is 63.2 Å². The topological polar surface area (TPSA) is 43.8 Å². The number of carboxylic acids is 1. The Bertz CT molecular complexity index is 317. The van der Waals surface area contributed by atoms with E-state index in [-0.39, 0.29) is 6.04 Å². The molecular formula is C13H22N2O2. The summed E-state index contributed by atoms with van der Waals surface area (Å²) < 4.78 is 0. The van der Waals surface area contributed by atoms with Crippen LogP contribution in [0.25, 0.3) is 0 Å². The number of hydrogen-bond acceptors (Lipinski definition) is 3. The van der Waals surface area contributed by atoms with Crippen molar-refractivity contribution in [1.82, 2.24) is 9.80 Å². The Kier molecular flexibility index (Phi) is 2.87. The van der Waals surface area contributed by atoms with Crippen molar-refractivity contribution in [1.29, 1.82) is 0 Å². The fourth-order valence-electron chi connectivity index (χ4n) is 3.67. The van der Waals surface area contributed by atoms with E-state index in [0.717, 1.165) is 38.4 Å². The van der Waals surface area contributed by atoms with Crippen LogP contribution in [0.5, 0.6) is 0 Å². The summed E-state index contributed by atoms with van der Waals surface area (Å²) in [4.78, 5) is 16.1. The number of likely N-dealkylation sites (tertiary alicyclic amines) is 2. The maximum atomic E-state index is 11.2. The molecule has 0 aromatic carbocycles. The van der Waals surface area contributed by atoms with Crippen LogP contribution in [0, 0.1) is 0 Å². The van der Waals surface area contributed by atoms with Crippen molar-refractivity contribution in [3.8, 4) is 0 Å². The van der Waals surface area contributed by atoms with E-state index in [1.54, 1.807) is 0 Å². The molecule has 0 aromatic rings. The summed E-state index contributed by atoms with van der Waals surface area (Å²) in [7, 11) is 0. The molecule has 2 aliphatic heterocycles. The molecule has 0 aromatic heterocycles. The molecule has 1 aliphatic carbocycles. The highest BCUT2D eigenvalue weighted by Gasteiger charge is 2.44. The van der Waals surface area contributed by atoms with E-state index < -0.39 is 5.97 Å². The van der Waals surface area contributed by atoms with Crippen molar-refractivity contribution >= 4 is 5.97 Å². The molecule has 17 heavy (non-hydrogen) atoms. The Morgan fingerprint density at radius 2 is 1.94 bits per heavy atom. The molecule has 96 valence electrons. The van der Waals surface area contributed by atoms with Crippen molar-refractivity contribution in [3.05, 3.63) is 0 Å². The first-order chi connectivity index (χ1) is 8.16. The number of nitrogens with zero attached hydrogens (tertiary/aromatic N) is 2. The number of hydrogen-bond donors (Lipinski definition) is 1. The predicted octanol–water partition coefficient (Wildman–Crippen LogP) is 1.16. The third-order valence-electron chi connectivity index (χ3n) is 4.67. The SMILES string of the molecule is CC1CC(N2CCCC2C(=O)O)CN1C1CC1. The summed E-state index contributed by atoms with van der Waals surface area (Å²) in [6.45, 7) is 4.37. The minimum Gasteiger partial charge on any atom is -0.480 e. The average Bonchev–Trinajstić information content (AvgIpc) is 2.87. The average molecular weight is 238 g/mol. The second kappa shape index (κ2) is 4.25. The molecule has 3 unspecified atom stereocenters. The molecule has 3 rings (SSSR count). The van der Waals surface area contributed by atoms with Gasteiger partial charge >= 0.3 is 5.97 Å². The van der Waals surface area contributed by atoms with Crippen LogP contribution in [0.4, 0.5) is 0 Å². The molecule has 2 saturated heterocycles. The van der Waals surface area contributed by atoms with Crippen molar-refractivity contribution < 1.29 is 9.90 Å². The molecule has 0 amide bonds. The molecule has 4 heteroatoms. The van der Waals surface area contributed by atoms with Gasteiger partial charge in [0.15, 0.2) is 0 Å². The first-order valence-electron chi connectivity index (χ1n) is 6.91. The lowest BCUT2D eigenvalue weighted by molar-refractivity contribution is -0.142. The third-order valence-corrected chi connectivity index (χ3v) is 4.67. The van der Waals surface area contributed by atoms with Gasteiger partial charge in [0.2, 0.25) is 0 Å². The monoisotopic (exact) mass is 238 g/mol. The number of aliphatic carboxylic acids is 1. The third kappa shape index (κ3) is 2.08. The lowest BCUT2D eigenvalue weighted by Gasteiger charge is -2.28. The summed E-state index contributed by atoms with van der Waals surface area (Å²) in [5.74, 6) is -0.625. The van der Waals surface area contributed by atoms with Gasteiger partial charge in [-0.3, -0.25) is 14.6 Å². The van der Waals surface area contributed by atoms with Crippen LogP contribution in [0.2, 0.25) is 0 Å². The van der Waals surface area contributed by atoms with Crippen LogP contribution in [0.15, 0.2) is 0 Å². The van der Waals surface area contributed by atoms with Crippen LogP contribution >= 0.6 is 0 Å². The number of rotatable bonds is 3. The van der Waals surface area contributed by atoms with Gasteiger partial charge in [-0.2, -0.15) is 0 Å². The Balaban J connectivity index is 1.66. The summed E-state index contributed by atoms with van der Waals surface area (Å²) in [6, 6.07) is 1.71. The van der Waals surface area contributed by atoms with E-state index in [1.807, 2.05) is 0 Å². The Hall–Kier alpha value is -0.610. The highest BCUT2D eigenvalue weighted by Crippen LogP contribution is 2.36. The maximum absolute atomic E-state index is 11.2. The second-order valence-corrected chi connectivity index (χ2v) is 5.90. The lowest BCUT2D eigenvalue weighted by Crippen LogP contribution is -2.44. The van der Waals surface area contributed by atoms with Crippen LogP contribution in [-0.2, 0) is 4.79 Å². The quantitative estimate of drug-likeness (QED) is 0.801. The fraction of sp³-hybridized carbons (Fsp3) is 0.923. The largest absolute Gasteiger partial charge is 0.480 e. The fourth-order valence-corrected chi connectivity index (χ4v) is 3.67. The number of carbonyl (C=O) groups is 1. The molecule has 3 fully saturated rings. The van der Waals surface area contributed by atoms with E-state index in [9.17, 15) is 9.90 Å². The van der Waals surface area contributed by atoms with Gasteiger partial charge in [0, 0.05) is 24.7 Å². The molecule has 3 atom stereocenters. The standard InChI is InChI=1S/C13H22N2O2/c1-9-7-11(8-15(9)10-4-5-10)14-6-2-3-12(14)13(16)17/h9-12H,2-8H2,1H3,(H,16,17). The summed E-state index contributed by atoms with van der Waals surface area (Å²) >= 11 is 0. The zero-order chi connectivity index (χ0) is 12.0. The van der Waals surface area contributed by atoms with Gasteiger partial charge in [0.05, 0.1) is 0 Å². The molecule has 1 N–H and O–H groups in total. The molecule has 1 saturated carbocycles. The van der Waals surface area contributed by atoms with E-state index >= 15 is 0 Å². The van der Waals surface area contributed by atoms with Gasteiger partial charge in [-0.15, -0.1) is 0 Å². The van der Waals surface area contributed by atoms with Gasteiger partial charge in [-0.05, 0) is 45.6 Å². The van der Waals surface area contributed by atoms with Gasteiger partial charge in [-0.1, -0.05) is 0 Å². The van der Waals surface area contributed by atoms with E-state index in [1.165, 1.54) is 12.8 Å². The first kappa shape index (κ1) is 11.5. The van der Waals surface area contributed by atoms with Gasteiger partial charge in [-0.25, -0.2) is 0 Å². The van der Waals surface area contributed by atoms with Gasteiger partial charge in [0.1, 0.15) is 6.04 Å². The summed E-state index contributed by atoms with van der Waals surface area (Å²) in [5, 5.41) is 9.24. The Morgan fingerprint density at radius 3 is 2.59 bits per heavy atom. The van der Waals surface area contributed by atoms with Crippen LogP contribution in [0.3, 0.4) is 0 Å². The van der Waals surface area contributed by atoms with E-state index in [0.29, 0.717) is 12.1 Å². The molecular weight excluding hydrogens is 216 g/mol. The second-order valence-electron chi connectivity index (χ2n) is 5.90. The summed E-state index contributed by atoms with van der Waals surface area (Å²) in [5.41, 5.74) is 0. The van der Waals surface area contributed by atoms with Crippen LogP contribution < -0.4 is 0 Å². The lowest BCUT2D eigenvalue weighted by atomic mass is 10.1. The van der Waals surface area contributed by atoms with Crippen molar-refractivity contribution in [2.75, 3.05) is 13.1 Å². The van der Waals surface area contributed by atoms with Crippen molar-refractivity contribution in [3.63, 3.8) is 0 Å². The van der Waals surface area contributed by atoms with E-state index in [4.69, 9.17) is 0 Å². The molecule has 2 heterocycles. The van der Waals surface area contributed by atoms with Crippen molar-refractivity contribution in [2.24, 2.45) is 0 Å². The minimum absolute atomic E-state index is 0.216. The molecule has 4 nitrogen and oxygen atoms in total. The normalized spacial score (nSPS) is 39.9. The highest BCUT2D eigenvalue weighted by atomic mass is 16.4. The van der Waals surface area contributed by atoms with Crippen LogP contribution in [-0.4, -0.2) is 58.1 Å². The zero-order valence-corrected chi connectivity index (χ0v) is 10.5. The number of carboxylic acid groups (broad SMARTS) is 1. The van der Waals surface area contributed by atoms with Gasteiger partial charge in [0.25, 0.3) is 0 Å². The molecule has 3 aliphatic rings. The Labute approximate surface area is 103 Å².